The van der Waals surface area contributed by atoms with E-state index in [9.17, 15) is 4.79 Å². The van der Waals surface area contributed by atoms with E-state index >= 15 is 8.78 Å². The number of hydrogen-bond donors (Lipinski definition) is 1. The topological polar surface area (TPSA) is 66.9 Å². The average molecular weight is 571 g/mol. The van der Waals surface area contributed by atoms with Crippen molar-refractivity contribution in [1.29, 1.82) is 0 Å². The van der Waals surface area contributed by atoms with Crippen LogP contribution in [0, 0.1) is 11.6 Å². The van der Waals surface area contributed by atoms with Crippen molar-refractivity contribution in [2.45, 2.75) is 0 Å². The van der Waals surface area contributed by atoms with Gasteiger partial charge in [0, 0.05) is 40.8 Å². The largest absolute Gasteiger partial charge is 0.489 e. The fourth-order valence-corrected chi connectivity index (χ4v) is 5.48. The van der Waals surface area contributed by atoms with Gasteiger partial charge in [0.25, 0.3) is 5.91 Å². The second kappa shape index (κ2) is 10.5. The van der Waals surface area contributed by atoms with Gasteiger partial charge in [-0.1, -0.05) is 35.3 Å². The van der Waals surface area contributed by atoms with Gasteiger partial charge in [0.05, 0.1) is 47.2 Å². The molecule has 39 heavy (non-hydrogen) atoms. The van der Waals surface area contributed by atoms with Gasteiger partial charge in [-0.2, -0.15) is 0 Å². The zero-order chi connectivity index (χ0) is 27.1. The van der Waals surface area contributed by atoms with Crippen LogP contribution < -0.4 is 20.1 Å². The summed E-state index contributed by atoms with van der Waals surface area (Å²) in [6.07, 6.45) is 1.39. The Morgan fingerprint density at radius 3 is 2.62 bits per heavy atom. The van der Waals surface area contributed by atoms with E-state index in [1.54, 1.807) is 11.1 Å². The van der Waals surface area contributed by atoms with Crippen molar-refractivity contribution >= 4 is 51.4 Å². The lowest BCUT2D eigenvalue weighted by molar-refractivity contribution is 0.0943. The normalized spacial score (nSPS) is 15.2. The fourth-order valence-electron chi connectivity index (χ4n) is 4.98. The van der Waals surface area contributed by atoms with E-state index in [-0.39, 0.29) is 32.3 Å². The van der Waals surface area contributed by atoms with Crippen LogP contribution in [0.25, 0.3) is 22.0 Å². The number of carbonyl (C=O) groups is 1. The van der Waals surface area contributed by atoms with Crippen LogP contribution in [-0.2, 0) is 4.74 Å². The molecule has 0 aliphatic carbocycles. The molecule has 1 amide bonds. The van der Waals surface area contributed by atoms with Crippen molar-refractivity contribution in [3.05, 3.63) is 82.0 Å². The van der Waals surface area contributed by atoms with E-state index in [0.29, 0.717) is 56.3 Å². The summed E-state index contributed by atoms with van der Waals surface area (Å²) in [6, 6.07) is 12.8. The Balaban J connectivity index is 1.50. The molecule has 2 aliphatic rings. The number of pyridine rings is 1. The first-order valence-electron chi connectivity index (χ1n) is 12.3. The average Bonchev–Trinajstić information content (AvgIpc) is 2.95. The number of morpholine rings is 1. The number of rotatable bonds is 4. The lowest BCUT2D eigenvalue weighted by Crippen LogP contribution is -2.47. The molecule has 1 aromatic heterocycles. The van der Waals surface area contributed by atoms with Crippen LogP contribution in [0.1, 0.15) is 10.4 Å². The Morgan fingerprint density at radius 2 is 1.79 bits per heavy atom. The predicted octanol–water partition coefficient (Wildman–Crippen LogP) is 5.87. The van der Waals surface area contributed by atoms with Crippen LogP contribution in [0.3, 0.4) is 0 Å². The highest BCUT2D eigenvalue weighted by Gasteiger charge is 2.28. The van der Waals surface area contributed by atoms with Gasteiger partial charge in [0.1, 0.15) is 24.0 Å². The zero-order valence-electron chi connectivity index (χ0n) is 20.5. The molecule has 1 N–H and O–H groups in total. The maximum absolute atomic E-state index is 15.3. The molecule has 200 valence electrons. The van der Waals surface area contributed by atoms with Crippen LogP contribution in [0.4, 0.5) is 20.2 Å². The predicted molar refractivity (Wildman–Crippen MR) is 147 cm³/mol. The van der Waals surface area contributed by atoms with E-state index in [1.165, 1.54) is 24.4 Å². The van der Waals surface area contributed by atoms with Crippen LogP contribution in [0.2, 0.25) is 10.0 Å². The minimum Gasteiger partial charge on any atom is -0.489 e. The van der Waals surface area contributed by atoms with Crippen molar-refractivity contribution in [2.75, 3.05) is 49.4 Å². The number of benzene rings is 3. The maximum atomic E-state index is 15.3. The molecule has 0 atom stereocenters. The van der Waals surface area contributed by atoms with Gasteiger partial charge in [-0.05, 0) is 36.4 Å². The molecule has 1 saturated heterocycles. The number of para-hydroxylation sites is 2. The Hall–Kier alpha value is -3.66. The molecular weight excluding hydrogens is 549 g/mol. The highest BCUT2D eigenvalue weighted by molar-refractivity contribution is 6.35. The van der Waals surface area contributed by atoms with Crippen LogP contribution in [-0.4, -0.2) is 50.3 Å². The van der Waals surface area contributed by atoms with Crippen molar-refractivity contribution < 1.29 is 23.0 Å². The molecule has 0 saturated carbocycles. The zero-order valence-corrected chi connectivity index (χ0v) is 22.0. The highest BCUT2D eigenvalue weighted by atomic mass is 35.5. The molecule has 4 aromatic rings. The van der Waals surface area contributed by atoms with Crippen LogP contribution >= 0.6 is 23.2 Å². The van der Waals surface area contributed by atoms with Gasteiger partial charge in [-0.25, -0.2) is 8.78 Å². The summed E-state index contributed by atoms with van der Waals surface area (Å²) in [5, 5.41) is 2.14. The quantitative estimate of drug-likeness (QED) is 0.310. The minimum atomic E-state index is -0.810. The molecule has 3 aromatic carbocycles. The second-order valence-corrected chi connectivity index (χ2v) is 9.94. The van der Waals surface area contributed by atoms with E-state index in [1.807, 2.05) is 29.2 Å². The Morgan fingerprint density at radius 1 is 1.00 bits per heavy atom. The summed E-state index contributed by atoms with van der Waals surface area (Å²) in [5.74, 6) is -1.24. The number of nitrogens with zero attached hydrogens (tertiary/aromatic N) is 3. The summed E-state index contributed by atoms with van der Waals surface area (Å²) in [4.78, 5) is 20.2. The summed E-state index contributed by atoms with van der Waals surface area (Å²) in [5.41, 5.74) is 4.52. The first kappa shape index (κ1) is 25.6. The molecule has 0 radical (unpaired) electrons. The SMILES string of the molecule is O=C(NN1CCOc2ccccc21)c1cnc2c(-c3cc(Cl)cc(Cl)c3F)c(F)ccc2c1N1CCOCC1. The van der Waals surface area contributed by atoms with Crippen LogP contribution in [0.15, 0.2) is 54.7 Å². The number of ether oxygens (including phenoxy) is 2. The number of hydrazine groups is 1. The number of aromatic nitrogens is 1. The molecule has 0 unspecified atom stereocenters. The lowest BCUT2D eigenvalue weighted by Gasteiger charge is -2.33. The van der Waals surface area contributed by atoms with Gasteiger partial charge in [0.15, 0.2) is 0 Å². The van der Waals surface area contributed by atoms with Gasteiger partial charge >= 0.3 is 0 Å². The summed E-state index contributed by atoms with van der Waals surface area (Å²) >= 11 is 12.2. The number of hydrogen-bond acceptors (Lipinski definition) is 6. The molecule has 11 heteroatoms. The number of anilines is 2. The Labute approximate surface area is 232 Å². The lowest BCUT2D eigenvalue weighted by atomic mass is 9.98. The van der Waals surface area contributed by atoms with E-state index < -0.39 is 17.5 Å². The Kier molecular flexibility index (Phi) is 6.88. The third kappa shape index (κ3) is 4.71. The maximum Gasteiger partial charge on any atom is 0.273 e. The molecule has 0 bridgehead atoms. The third-order valence-electron chi connectivity index (χ3n) is 6.76. The van der Waals surface area contributed by atoms with Crippen molar-refractivity contribution in [3.8, 4) is 16.9 Å². The second-order valence-electron chi connectivity index (χ2n) is 9.10. The fraction of sp³-hybridized carbons (Fsp3) is 0.214. The van der Waals surface area contributed by atoms with E-state index in [4.69, 9.17) is 32.7 Å². The molecule has 0 spiro atoms. The summed E-state index contributed by atoms with van der Waals surface area (Å²) in [6.45, 7) is 2.76. The smallest absolute Gasteiger partial charge is 0.273 e. The van der Waals surface area contributed by atoms with Crippen molar-refractivity contribution in [3.63, 3.8) is 0 Å². The number of nitrogens with one attached hydrogen (secondary N) is 1. The van der Waals surface area contributed by atoms with Gasteiger partial charge in [-0.15, -0.1) is 0 Å². The molecule has 3 heterocycles. The van der Waals surface area contributed by atoms with Crippen molar-refractivity contribution in [2.24, 2.45) is 0 Å². The number of amides is 1. The molecule has 1 fully saturated rings. The Bertz CT molecular complexity index is 1600. The van der Waals surface area contributed by atoms with E-state index in [0.717, 1.165) is 5.69 Å². The summed E-state index contributed by atoms with van der Waals surface area (Å²) < 4.78 is 41.7. The molecular formula is C28H22Cl2F2N4O3. The minimum absolute atomic E-state index is 0.0852. The molecule has 7 nitrogen and oxygen atoms in total. The standard InChI is InChI=1S/C28H22Cl2F2N4O3/c29-16-13-18(25(32)20(30)14-16)24-21(31)6-5-17-26(24)33-15-19(27(17)35-7-10-38-11-8-35)28(37)34-36-9-12-39-23-4-2-1-3-22(23)36/h1-6,13-15H,7-12H2,(H,34,37). The number of carbonyl (C=O) groups excluding carboxylic acids is 1. The summed E-state index contributed by atoms with van der Waals surface area (Å²) in [7, 11) is 0. The first-order valence-corrected chi connectivity index (χ1v) is 13.1. The monoisotopic (exact) mass is 570 g/mol. The van der Waals surface area contributed by atoms with Gasteiger partial charge < -0.3 is 14.4 Å². The highest BCUT2D eigenvalue weighted by Crippen LogP contribution is 2.40. The van der Waals surface area contributed by atoms with E-state index in [2.05, 4.69) is 10.4 Å². The number of fused-ring (bicyclic) bond motifs is 2. The number of halogens is 4. The van der Waals surface area contributed by atoms with Gasteiger partial charge in [0.2, 0.25) is 0 Å². The first-order chi connectivity index (χ1) is 18.9. The molecule has 6 rings (SSSR count). The van der Waals surface area contributed by atoms with Crippen LogP contribution in [0.5, 0.6) is 5.75 Å². The van der Waals surface area contributed by atoms with Crippen molar-refractivity contribution in [1.82, 2.24) is 10.4 Å². The third-order valence-corrected chi connectivity index (χ3v) is 7.25. The molecule has 2 aliphatic heterocycles. The van der Waals surface area contributed by atoms with Gasteiger partial charge in [-0.3, -0.25) is 20.2 Å².